The molecule has 5 heteroatoms. The van der Waals surface area contributed by atoms with Gasteiger partial charge in [0.2, 0.25) is 5.82 Å². The van der Waals surface area contributed by atoms with Crippen LogP contribution in [0.2, 0.25) is 0 Å². The van der Waals surface area contributed by atoms with Crippen molar-refractivity contribution in [2.45, 2.75) is 0 Å². The number of hydrogen-bond donors (Lipinski definition) is 1. The molecular formula is C14H10N4O. The van der Waals surface area contributed by atoms with Gasteiger partial charge in [0.1, 0.15) is 5.58 Å². The van der Waals surface area contributed by atoms with Crippen molar-refractivity contribution in [1.82, 2.24) is 14.6 Å². The van der Waals surface area contributed by atoms with Crippen LogP contribution in [0.5, 0.6) is 0 Å². The minimum absolute atomic E-state index is 0.651. The first-order chi connectivity index (χ1) is 9.31. The van der Waals surface area contributed by atoms with Gasteiger partial charge in [-0.15, -0.1) is 10.2 Å². The summed E-state index contributed by atoms with van der Waals surface area (Å²) >= 11 is 0. The van der Waals surface area contributed by atoms with Crippen LogP contribution in [0.1, 0.15) is 0 Å². The van der Waals surface area contributed by atoms with E-state index in [1.807, 2.05) is 40.8 Å². The zero-order chi connectivity index (χ0) is 12.8. The average molecular weight is 250 g/mol. The maximum Gasteiger partial charge on any atom is 0.204 e. The van der Waals surface area contributed by atoms with Crippen LogP contribution in [-0.4, -0.2) is 14.6 Å². The lowest BCUT2D eigenvalue weighted by Crippen LogP contribution is -1.92. The quantitative estimate of drug-likeness (QED) is 0.564. The van der Waals surface area contributed by atoms with Crippen molar-refractivity contribution in [3.63, 3.8) is 0 Å². The van der Waals surface area contributed by atoms with E-state index in [2.05, 4.69) is 10.2 Å². The molecule has 0 aliphatic rings. The van der Waals surface area contributed by atoms with Gasteiger partial charge in [0, 0.05) is 17.3 Å². The number of pyridine rings is 1. The molecule has 0 spiro atoms. The van der Waals surface area contributed by atoms with Crippen molar-refractivity contribution in [2.75, 3.05) is 5.73 Å². The molecule has 19 heavy (non-hydrogen) atoms. The Balaban J connectivity index is 2.00. The van der Waals surface area contributed by atoms with Gasteiger partial charge in [0.15, 0.2) is 11.4 Å². The third kappa shape index (κ3) is 1.48. The molecule has 2 N–H and O–H groups in total. The first-order valence-corrected chi connectivity index (χ1v) is 5.90. The number of nitrogens with two attached hydrogens (primary N) is 1. The van der Waals surface area contributed by atoms with E-state index in [0.29, 0.717) is 17.3 Å². The fourth-order valence-electron chi connectivity index (χ4n) is 2.17. The Bertz CT molecular complexity index is 858. The highest BCUT2D eigenvalue weighted by molar-refractivity contribution is 5.81. The van der Waals surface area contributed by atoms with Gasteiger partial charge in [-0.1, -0.05) is 18.2 Å². The normalized spacial score (nSPS) is 11.4. The second-order valence-corrected chi connectivity index (χ2v) is 4.36. The van der Waals surface area contributed by atoms with Crippen LogP contribution >= 0.6 is 0 Å². The summed E-state index contributed by atoms with van der Waals surface area (Å²) in [6.07, 6.45) is 1.79. The van der Waals surface area contributed by atoms with Crippen LogP contribution in [-0.2, 0) is 0 Å². The summed E-state index contributed by atoms with van der Waals surface area (Å²) in [5.41, 5.74) is 8.03. The smallest absolute Gasteiger partial charge is 0.204 e. The molecule has 4 rings (SSSR count). The Morgan fingerprint density at radius 1 is 1.05 bits per heavy atom. The van der Waals surface area contributed by atoms with E-state index in [4.69, 9.17) is 10.2 Å². The Labute approximate surface area is 108 Å². The van der Waals surface area contributed by atoms with Crippen molar-refractivity contribution in [1.29, 1.82) is 0 Å². The van der Waals surface area contributed by atoms with Crippen LogP contribution in [0.4, 0.5) is 5.69 Å². The zero-order valence-electron chi connectivity index (χ0n) is 9.95. The van der Waals surface area contributed by atoms with Gasteiger partial charge in [0.25, 0.3) is 0 Å². The Kier molecular flexibility index (Phi) is 1.91. The SMILES string of the molecule is Nc1ccc2nnc(-c3cc4ccccc4o3)n2c1. The average Bonchev–Trinajstić information content (AvgIpc) is 3.00. The van der Waals surface area contributed by atoms with E-state index >= 15 is 0 Å². The van der Waals surface area contributed by atoms with Crippen molar-refractivity contribution in [2.24, 2.45) is 0 Å². The number of fused-ring (bicyclic) bond motifs is 2. The molecule has 3 heterocycles. The van der Waals surface area contributed by atoms with E-state index in [-0.39, 0.29) is 0 Å². The highest BCUT2D eigenvalue weighted by atomic mass is 16.3. The number of furan rings is 1. The van der Waals surface area contributed by atoms with Crippen LogP contribution in [0.25, 0.3) is 28.2 Å². The third-order valence-corrected chi connectivity index (χ3v) is 3.07. The molecule has 1 aromatic carbocycles. The molecule has 0 aliphatic carbocycles. The Morgan fingerprint density at radius 3 is 2.84 bits per heavy atom. The van der Waals surface area contributed by atoms with Crippen molar-refractivity contribution in [3.8, 4) is 11.6 Å². The van der Waals surface area contributed by atoms with E-state index in [1.165, 1.54) is 0 Å². The molecule has 0 bridgehead atoms. The molecule has 4 aromatic rings. The van der Waals surface area contributed by atoms with Crippen molar-refractivity contribution >= 4 is 22.3 Å². The molecule has 0 radical (unpaired) electrons. The molecule has 0 atom stereocenters. The molecule has 0 fully saturated rings. The molecule has 5 nitrogen and oxygen atoms in total. The Morgan fingerprint density at radius 2 is 1.95 bits per heavy atom. The number of benzene rings is 1. The topological polar surface area (TPSA) is 69.3 Å². The lowest BCUT2D eigenvalue weighted by atomic mass is 10.2. The predicted molar refractivity (Wildman–Crippen MR) is 72.6 cm³/mol. The number of rotatable bonds is 1. The van der Waals surface area contributed by atoms with Crippen LogP contribution in [0, 0.1) is 0 Å². The zero-order valence-corrected chi connectivity index (χ0v) is 9.95. The van der Waals surface area contributed by atoms with Crippen LogP contribution < -0.4 is 5.73 Å². The first kappa shape index (κ1) is 10.1. The molecular weight excluding hydrogens is 240 g/mol. The fraction of sp³-hybridized carbons (Fsp3) is 0. The van der Waals surface area contributed by atoms with Gasteiger partial charge in [0.05, 0.1) is 0 Å². The highest BCUT2D eigenvalue weighted by Gasteiger charge is 2.12. The minimum atomic E-state index is 0.651. The Hall–Kier alpha value is -2.82. The maximum absolute atomic E-state index is 5.80. The highest BCUT2D eigenvalue weighted by Crippen LogP contribution is 2.27. The van der Waals surface area contributed by atoms with E-state index in [9.17, 15) is 0 Å². The molecule has 0 saturated carbocycles. The van der Waals surface area contributed by atoms with Gasteiger partial charge in [-0.2, -0.15) is 0 Å². The molecule has 3 aromatic heterocycles. The van der Waals surface area contributed by atoms with Gasteiger partial charge < -0.3 is 10.2 Å². The summed E-state index contributed by atoms with van der Waals surface area (Å²) in [5, 5.41) is 9.31. The van der Waals surface area contributed by atoms with Crippen molar-refractivity contribution < 1.29 is 4.42 Å². The predicted octanol–water partition coefficient (Wildman–Crippen LogP) is 2.72. The monoisotopic (exact) mass is 250 g/mol. The second kappa shape index (κ2) is 3.58. The fourth-order valence-corrected chi connectivity index (χ4v) is 2.17. The summed E-state index contributed by atoms with van der Waals surface area (Å²) in [6, 6.07) is 13.4. The minimum Gasteiger partial charge on any atom is -0.453 e. The molecule has 0 aliphatic heterocycles. The summed E-state index contributed by atoms with van der Waals surface area (Å²) in [6.45, 7) is 0. The summed E-state index contributed by atoms with van der Waals surface area (Å²) in [5.74, 6) is 1.33. The van der Waals surface area contributed by atoms with Gasteiger partial charge in [-0.3, -0.25) is 4.40 Å². The van der Waals surface area contributed by atoms with Crippen LogP contribution in [0.15, 0.2) is 53.1 Å². The number of para-hydroxylation sites is 1. The lowest BCUT2D eigenvalue weighted by molar-refractivity contribution is 0.624. The molecule has 92 valence electrons. The largest absolute Gasteiger partial charge is 0.453 e. The van der Waals surface area contributed by atoms with Crippen molar-refractivity contribution in [3.05, 3.63) is 48.7 Å². The standard InChI is InChI=1S/C14H10N4O/c15-10-5-6-13-16-17-14(18(13)8-10)12-7-9-3-1-2-4-11(9)19-12/h1-8H,15H2. The molecule has 0 saturated heterocycles. The van der Waals surface area contributed by atoms with Crippen LogP contribution in [0.3, 0.4) is 0 Å². The van der Waals surface area contributed by atoms with Gasteiger partial charge in [-0.25, -0.2) is 0 Å². The van der Waals surface area contributed by atoms with Gasteiger partial charge >= 0.3 is 0 Å². The number of anilines is 1. The first-order valence-electron chi connectivity index (χ1n) is 5.90. The van der Waals surface area contributed by atoms with E-state index in [0.717, 1.165) is 16.6 Å². The van der Waals surface area contributed by atoms with Gasteiger partial charge in [-0.05, 0) is 24.3 Å². The summed E-state index contributed by atoms with van der Waals surface area (Å²) in [4.78, 5) is 0. The van der Waals surface area contributed by atoms with E-state index < -0.39 is 0 Å². The second-order valence-electron chi connectivity index (χ2n) is 4.36. The summed E-state index contributed by atoms with van der Waals surface area (Å²) < 4.78 is 7.62. The number of nitrogen functional groups attached to an aromatic ring is 1. The number of nitrogens with zero attached hydrogens (tertiary/aromatic N) is 3. The number of hydrogen-bond acceptors (Lipinski definition) is 4. The number of aromatic nitrogens is 3. The summed E-state index contributed by atoms with van der Waals surface area (Å²) in [7, 11) is 0. The molecule has 0 amide bonds. The van der Waals surface area contributed by atoms with E-state index in [1.54, 1.807) is 12.3 Å². The molecule has 0 unspecified atom stereocenters. The maximum atomic E-state index is 5.80. The third-order valence-electron chi connectivity index (χ3n) is 3.07. The lowest BCUT2D eigenvalue weighted by Gasteiger charge is -1.97.